The number of para-hydroxylation sites is 1. The van der Waals surface area contributed by atoms with Crippen LogP contribution in [-0.4, -0.2) is 27.2 Å². The van der Waals surface area contributed by atoms with Gasteiger partial charge in [-0.15, -0.1) is 0 Å². The number of nitrogens with zero attached hydrogens (tertiary/aromatic N) is 2. The number of carbonyl (C=O) groups excluding carboxylic acids is 1. The summed E-state index contributed by atoms with van der Waals surface area (Å²) in [6.45, 7) is 4.96. The summed E-state index contributed by atoms with van der Waals surface area (Å²) in [7, 11) is 0. The third-order valence-corrected chi connectivity index (χ3v) is 4.83. The molecule has 0 radical (unpaired) electrons. The second-order valence-corrected chi connectivity index (χ2v) is 6.21. The van der Waals surface area contributed by atoms with Crippen LogP contribution in [0, 0.1) is 5.92 Å². The van der Waals surface area contributed by atoms with Gasteiger partial charge in [0.1, 0.15) is 5.52 Å². The maximum atomic E-state index is 12.4. The summed E-state index contributed by atoms with van der Waals surface area (Å²) in [5, 5.41) is 2.99. The Labute approximate surface area is 133 Å². The predicted octanol–water partition coefficient (Wildman–Crippen LogP) is 3.56. The van der Waals surface area contributed by atoms with Crippen molar-refractivity contribution < 1.29 is 4.79 Å². The molecule has 2 aromatic rings. The molecule has 0 spiro atoms. The van der Waals surface area contributed by atoms with E-state index in [0.717, 1.165) is 18.4 Å². The highest BCUT2D eigenvalue weighted by atomic mass is 79.9. The van der Waals surface area contributed by atoms with Crippen molar-refractivity contribution in [3.8, 4) is 0 Å². The molecule has 0 aliphatic rings. The van der Waals surface area contributed by atoms with Gasteiger partial charge in [0.2, 0.25) is 0 Å². The lowest BCUT2D eigenvalue weighted by atomic mass is 9.99. The number of hydrogen-bond donors (Lipinski definition) is 1. The normalized spacial score (nSPS) is 12.6. The van der Waals surface area contributed by atoms with E-state index in [2.05, 4.69) is 45.1 Å². The van der Waals surface area contributed by atoms with Crippen LogP contribution < -0.4 is 5.32 Å². The Morgan fingerprint density at radius 2 is 1.95 bits per heavy atom. The maximum absolute atomic E-state index is 12.4. The van der Waals surface area contributed by atoms with Crippen molar-refractivity contribution in [1.82, 2.24) is 15.3 Å². The SMILES string of the molecule is CCC(CC)C(Br)CNC(=O)c1cccc2nccnc12. The molecule has 1 aromatic heterocycles. The van der Waals surface area contributed by atoms with E-state index in [1.807, 2.05) is 12.1 Å². The summed E-state index contributed by atoms with van der Waals surface area (Å²) >= 11 is 3.67. The van der Waals surface area contributed by atoms with E-state index in [4.69, 9.17) is 0 Å². The molecule has 2 rings (SSSR count). The number of fused-ring (bicyclic) bond motifs is 1. The van der Waals surface area contributed by atoms with E-state index in [1.54, 1.807) is 18.5 Å². The molecule has 4 nitrogen and oxygen atoms in total. The zero-order chi connectivity index (χ0) is 15.2. The summed E-state index contributed by atoms with van der Waals surface area (Å²) in [5.74, 6) is 0.467. The number of nitrogens with one attached hydrogen (secondary N) is 1. The molecule has 0 saturated carbocycles. The number of benzene rings is 1. The van der Waals surface area contributed by atoms with Crippen LogP contribution in [0.15, 0.2) is 30.6 Å². The van der Waals surface area contributed by atoms with E-state index >= 15 is 0 Å². The molecule has 5 heteroatoms. The van der Waals surface area contributed by atoms with Crippen LogP contribution in [0.1, 0.15) is 37.0 Å². The van der Waals surface area contributed by atoms with Crippen LogP contribution in [-0.2, 0) is 0 Å². The van der Waals surface area contributed by atoms with E-state index in [9.17, 15) is 4.79 Å². The Balaban J connectivity index is 2.09. The average molecular weight is 350 g/mol. The quantitative estimate of drug-likeness (QED) is 0.811. The van der Waals surface area contributed by atoms with Crippen LogP contribution in [0.2, 0.25) is 0 Å². The summed E-state index contributed by atoms with van der Waals surface area (Å²) in [4.78, 5) is 21.1. The largest absolute Gasteiger partial charge is 0.351 e. The summed E-state index contributed by atoms with van der Waals surface area (Å²) in [6.07, 6.45) is 5.44. The summed E-state index contributed by atoms with van der Waals surface area (Å²) < 4.78 is 0. The molecule has 0 aliphatic carbocycles. The molecular formula is C16H20BrN3O. The third-order valence-electron chi connectivity index (χ3n) is 3.76. The molecule has 1 amide bonds. The maximum Gasteiger partial charge on any atom is 0.253 e. The second-order valence-electron chi connectivity index (χ2n) is 5.03. The molecule has 21 heavy (non-hydrogen) atoms. The van der Waals surface area contributed by atoms with Gasteiger partial charge in [0.05, 0.1) is 11.1 Å². The van der Waals surface area contributed by atoms with Gasteiger partial charge in [0.25, 0.3) is 5.91 Å². The standard InChI is InChI=1S/C16H20BrN3O/c1-3-11(4-2)13(17)10-20-16(21)12-6-5-7-14-15(12)19-9-8-18-14/h5-9,11,13H,3-4,10H2,1-2H3,(H,20,21). The lowest BCUT2D eigenvalue weighted by Crippen LogP contribution is -2.33. The fourth-order valence-corrected chi connectivity index (χ4v) is 3.34. The number of halogens is 1. The Hall–Kier alpha value is -1.49. The molecular weight excluding hydrogens is 330 g/mol. The second kappa shape index (κ2) is 7.50. The molecule has 0 saturated heterocycles. The monoisotopic (exact) mass is 349 g/mol. The Morgan fingerprint density at radius 1 is 1.24 bits per heavy atom. The van der Waals surface area contributed by atoms with Gasteiger partial charge >= 0.3 is 0 Å². The summed E-state index contributed by atoms with van der Waals surface area (Å²) in [5.41, 5.74) is 1.96. The van der Waals surface area contributed by atoms with Crippen molar-refractivity contribution in [2.75, 3.05) is 6.54 Å². The highest BCUT2D eigenvalue weighted by Gasteiger charge is 2.17. The zero-order valence-corrected chi connectivity index (χ0v) is 13.9. The van der Waals surface area contributed by atoms with Crippen LogP contribution in [0.4, 0.5) is 0 Å². The summed E-state index contributed by atoms with van der Waals surface area (Å²) in [6, 6.07) is 5.47. The van der Waals surface area contributed by atoms with Gasteiger partial charge in [0, 0.05) is 23.8 Å². The average Bonchev–Trinajstić information content (AvgIpc) is 2.53. The van der Waals surface area contributed by atoms with Crippen LogP contribution in [0.3, 0.4) is 0 Å². The van der Waals surface area contributed by atoms with Crippen molar-refractivity contribution in [1.29, 1.82) is 0 Å². The third kappa shape index (κ3) is 3.79. The number of hydrogen-bond acceptors (Lipinski definition) is 3. The first-order chi connectivity index (χ1) is 10.2. The minimum atomic E-state index is -0.100. The number of alkyl halides is 1. The minimum absolute atomic E-state index is 0.100. The van der Waals surface area contributed by atoms with E-state index < -0.39 is 0 Å². The Morgan fingerprint density at radius 3 is 2.67 bits per heavy atom. The molecule has 1 atom stereocenters. The highest BCUT2D eigenvalue weighted by molar-refractivity contribution is 9.09. The molecule has 112 valence electrons. The fourth-order valence-electron chi connectivity index (χ4n) is 2.43. The van der Waals surface area contributed by atoms with Gasteiger partial charge < -0.3 is 5.32 Å². The van der Waals surface area contributed by atoms with Gasteiger partial charge in [-0.25, -0.2) is 0 Å². The Bertz CT molecular complexity index is 608. The first-order valence-electron chi connectivity index (χ1n) is 7.29. The van der Waals surface area contributed by atoms with Gasteiger partial charge in [0.15, 0.2) is 0 Å². The van der Waals surface area contributed by atoms with Gasteiger partial charge in [-0.3, -0.25) is 14.8 Å². The van der Waals surface area contributed by atoms with Crippen LogP contribution >= 0.6 is 15.9 Å². The first-order valence-corrected chi connectivity index (χ1v) is 8.20. The predicted molar refractivity (Wildman–Crippen MR) is 88.7 cm³/mol. The fraction of sp³-hybridized carbons (Fsp3) is 0.438. The van der Waals surface area contributed by atoms with Crippen molar-refractivity contribution in [2.45, 2.75) is 31.5 Å². The molecule has 1 aromatic carbocycles. The molecule has 1 unspecified atom stereocenters. The van der Waals surface area contributed by atoms with Crippen LogP contribution in [0.25, 0.3) is 11.0 Å². The van der Waals surface area contributed by atoms with E-state index in [1.165, 1.54) is 0 Å². The molecule has 1 heterocycles. The van der Waals surface area contributed by atoms with Gasteiger partial charge in [-0.05, 0) is 18.1 Å². The minimum Gasteiger partial charge on any atom is -0.351 e. The number of aromatic nitrogens is 2. The first kappa shape index (κ1) is 15.9. The van der Waals surface area contributed by atoms with Crippen molar-refractivity contribution in [3.05, 3.63) is 36.2 Å². The zero-order valence-electron chi connectivity index (χ0n) is 12.3. The number of rotatable bonds is 6. The highest BCUT2D eigenvalue weighted by Crippen LogP contribution is 2.20. The smallest absolute Gasteiger partial charge is 0.253 e. The molecule has 0 aliphatic heterocycles. The molecule has 0 bridgehead atoms. The van der Waals surface area contributed by atoms with Gasteiger partial charge in [-0.2, -0.15) is 0 Å². The lowest BCUT2D eigenvalue weighted by Gasteiger charge is -2.20. The Kier molecular flexibility index (Phi) is 5.67. The van der Waals surface area contributed by atoms with Crippen molar-refractivity contribution >= 4 is 32.9 Å². The van der Waals surface area contributed by atoms with Crippen molar-refractivity contribution in [2.24, 2.45) is 5.92 Å². The van der Waals surface area contributed by atoms with E-state index in [0.29, 0.717) is 23.5 Å². The van der Waals surface area contributed by atoms with Crippen molar-refractivity contribution in [3.63, 3.8) is 0 Å². The van der Waals surface area contributed by atoms with Crippen LogP contribution in [0.5, 0.6) is 0 Å². The number of amides is 1. The van der Waals surface area contributed by atoms with E-state index in [-0.39, 0.29) is 10.7 Å². The molecule has 0 fully saturated rings. The number of carbonyl (C=O) groups is 1. The lowest BCUT2D eigenvalue weighted by molar-refractivity contribution is 0.0953. The topological polar surface area (TPSA) is 54.9 Å². The van der Waals surface area contributed by atoms with Gasteiger partial charge in [-0.1, -0.05) is 48.7 Å². The molecule has 1 N–H and O–H groups in total.